The fourth-order valence-electron chi connectivity index (χ4n) is 4.62. The number of Topliss-reactive ketones (excluding diaryl/α,β-unsaturated/α-hetero) is 1. The van der Waals surface area contributed by atoms with Crippen LogP contribution in [0.1, 0.15) is 41.7 Å². The number of pyridine rings is 1. The lowest BCUT2D eigenvalue weighted by molar-refractivity contribution is -0.140. The minimum Gasteiger partial charge on any atom is -0.481 e. The first-order valence-electron chi connectivity index (χ1n) is 13.6. The Morgan fingerprint density at radius 2 is 1.60 bits per heavy atom. The van der Waals surface area contributed by atoms with Gasteiger partial charge in [0.15, 0.2) is 5.78 Å². The van der Waals surface area contributed by atoms with Gasteiger partial charge in [0.1, 0.15) is 11.7 Å². The zero-order valence-electron chi connectivity index (χ0n) is 23.1. The molecule has 216 valence electrons. The van der Waals surface area contributed by atoms with Gasteiger partial charge < -0.3 is 25.6 Å². The molecule has 3 aromatic carbocycles. The molecule has 0 radical (unpaired) electrons. The van der Waals surface area contributed by atoms with Gasteiger partial charge in [0.2, 0.25) is 5.91 Å². The van der Waals surface area contributed by atoms with E-state index < -0.39 is 47.6 Å². The van der Waals surface area contributed by atoms with E-state index in [0.717, 1.165) is 16.3 Å². The Labute approximate surface area is 242 Å². The van der Waals surface area contributed by atoms with Crippen molar-refractivity contribution in [1.29, 1.82) is 0 Å². The smallest absolute Gasteiger partial charge is 0.305 e. The van der Waals surface area contributed by atoms with Crippen molar-refractivity contribution in [3.8, 4) is 0 Å². The van der Waals surface area contributed by atoms with Gasteiger partial charge in [-0.1, -0.05) is 67.6 Å². The van der Waals surface area contributed by atoms with Gasteiger partial charge in [-0.05, 0) is 47.0 Å². The molecule has 0 aliphatic rings. The van der Waals surface area contributed by atoms with Crippen molar-refractivity contribution in [3.05, 3.63) is 113 Å². The number of benzene rings is 3. The molecule has 42 heavy (non-hydrogen) atoms. The Morgan fingerprint density at radius 3 is 2.31 bits per heavy atom. The Hall–Kier alpha value is -5.09. The third kappa shape index (κ3) is 7.55. The first-order chi connectivity index (χ1) is 20.3. The number of anilines is 1. The second-order valence-corrected chi connectivity index (χ2v) is 9.79. The van der Waals surface area contributed by atoms with Crippen molar-refractivity contribution in [2.75, 3.05) is 11.9 Å². The quantitative estimate of drug-likeness (QED) is 0.193. The van der Waals surface area contributed by atoms with Crippen LogP contribution in [0.3, 0.4) is 0 Å². The molecule has 1 aromatic heterocycles. The van der Waals surface area contributed by atoms with Crippen molar-refractivity contribution in [3.63, 3.8) is 0 Å². The van der Waals surface area contributed by atoms with Gasteiger partial charge in [-0.25, -0.2) is 0 Å². The number of hydrogen-bond donors (Lipinski definition) is 4. The van der Waals surface area contributed by atoms with Crippen LogP contribution in [0.25, 0.3) is 10.8 Å². The Morgan fingerprint density at radius 1 is 0.881 bits per heavy atom. The van der Waals surface area contributed by atoms with E-state index in [-0.39, 0.29) is 18.7 Å². The minimum atomic E-state index is -1.29. The second-order valence-electron chi connectivity index (χ2n) is 9.79. The molecule has 2 amide bonds. The summed E-state index contributed by atoms with van der Waals surface area (Å²) in [5, 5.41) is 19.3. The number of carbonyl (C=O) groups excluding carboxylic acids is 3. The molecule has 0 bridgehead atoms. The van der Waals surface area contributed by atoms with Crippen molar-refractivity contribution in [1.82, 2.24) is 15.2 Å². The third-order valence-corrected chi connectivity index (χ3v) is 6.81. The van der Waals surface area contributed by atoms with Crippen molar-refractivity contribution < 1.29 is 24.3 Å². The number of hydrogen-bond acceptors (Lipinski definition) is 6. The van der Waals surface area contributed by atoms with E-state index in [1.54, 1.807) is 19.1 Å². The molecular formula is C32H32N4O6. The van der Waals surface area contributed by atoms with Crippen molar-refractivity contribution in [2.45, 2.75) is 38.4 Å². The molecule has 0 aliphatic carbocycles. The minimum absolute atomic E-state index is 0.0230. The molecule has 0 saturated heterocycles. The number of aromatic nitrogens is 1. The molecule has 10 heteroatoms. The molecule has 1 unspecified atom stereocenters. The Kier molecular flexibility index (Phi) is 9.96. The molecule has 4 N–H and O–H groups in total. The van der Waals surface area contributed by atoms with Crippen LogP contribution in [0.15, 0.2) is 95.9 Å². The van der Waals surface area contributed by atoms with E-state index >= 15 is 0 Å². The van der Waals surface area contributed by atoms with E-state index in [1.165, 1.54) is 22.9 Å². The highest BCUT2D eigenvalue weighted by Gasteiger charge is 2.28. The van der Waals surface area contributed by atoms with Gasteiger partial charge in [0.05, 0.1) is 19.0 Å². The fourth-order valence-corrected chi connectivity index (χ4v) is 4.62. The molecule has 1 heterocycles. The monoisotopic (exact) mass is 568 g/mol. The summed E-state index contributed by atoms with van der Waals surface area (Å²) in [6.45, 7) is 1.93. The normalized spacial score (nSPS) is 12.3. The number of fused-ring (bicyclic) bond motifs is 1. The van der Waals surface area contributed by atoms with Gasteiger partial charge >= 0.3 is 5.97 Å². The number of nitrogens with one attached hydrogen (secondary N) is 3. The highest BCUT2D eigenvalue weighted by atomic mass is 16.4. The summed E-state index contributed by atoms with van der Waals surface area (Å²) in [6.07, 6.45) is 0.982. The summed E-state index contributed by atoms with van der Waals surface area (Å²) in [4.78, 5) is 63.9. The number of carboxylic acids is 1. The van der Waals surface area contributed by atoms with Crippen LogP contribution < -0.4 is 21.5 Å². The molecule has 4 aromatic rings. The zero-order valence-corrected chi connectivity index (χ0v) is 23.1. The largest absolute Gasteiger partial charge is 0.481 e. The molecule has 10 nitrogen and oxygen atoms in total. The molecule has 0 saturated carbocycles. The maximum absolute atomic E-state index is 13.3. The maximum Gasteiger partial charge on any atom is 0.305 e. The highest BCUT2D eigenvalue weighted by Crippen LogP contribution is 2.17. The average molecular weight is 569 g/mol. The molecule has 0 aliphatic heterocycles. The van der Waals surface area contributed by atoms with Gasteiger partial charge in [-0.15, -0.1) is 0 Å². The molecule has 2 atom stereocenters. The van der Waals surface area contributed by atoms with Crippen LogP contribution in [-0.2, 0) is 20.9 Å². The average Bonchev–Trinajstić information content (AvgIpc) is 2.99. The second kappa shape index (κ2) is 14.0. The van der Waals surface area contributed by atoms with Crippen LogP contribution in [-0.4, -0.2) is 45.8 Å². The SMILES string of the molecule is CCC(C(=O)N[C@@H](CC(=O)O)C(=O)CNCc1ccccc1)n1cccc(NC(=O)c2ccc3ccccc3c2)c1=O. The summed E-state index contributed by atoms with van der Waals surface area (Å²) < 4.78 is 1.17. The lowest BCUT2D eigenvalue weighted by Crippen LogP contribution is -2.48. The Balaban J connectivity index is 1.46. The summed E-state index contributed by atoms with van der Waals surface area (Å²) in [7, 11) is 0. The van der Waals surface area contributed by atoms with Crippen molar-refractivity contribution in [2.24, 2.45) is 0 Å². The number of carbonyl (C=O) groups is 4. The van der Waals surface area contributed by atoms with Gasteiger partial charge in [-0.2, -0.15) is 0 Å². The summed E-state index contributed by atoms with van der Waals surface area (Å²) in [5.41, 5.74) is 0.677. The lowest BCUT2D eigenvalue weighted by atomic mass is 10.1. The van der Waals surface area contributed by atoms with Crippen LogP contribution in [0.5, 0.6) is 0 Å². The number of carboxylic acid groups (broad SMARTS) is 1. The number of nitrogens with zero attached hydrogens (tertiary/aromatic N) is 1. The van der Waals surface area contributed by atoms with Crippen LogP contribution in [0.4, 0.5) is 5.69 Å². The van der Waals surface area contributed by atoms with Crippen LogP contribution in [0.2, 0.25) is 0 Å². The van der Waals surface area contributed by atoms with Crippen LogP contribution in [0, 0.1) is 0 Å². The number of aliphatic carboxylic acids is 1. The van der Waals surface area contributed by atoms with Gasteiger partial charge in [0.25, 0.3) is 11.5 Å². The lowest BCUT2D eigenvalue weighted by Gasteiger charge is -2.22. The first kappa shape index (κ1) is 29.9. The standard InChI is InChI=1S/C32H32N4O6/c1-2-27(31(41)35-26(18-29(38)39)28(37)20-33-19-21-9-4-3-5-10-21)36-16-8-13-25(32(36)42)34-30(40)24-15-14-22-11-6-7-12-23(22)17-24/h3-17,26-27,33H,2,18-20H2,1H3,(H,34,40)(H,35,41)(H,38,39)/t26-,27?/m0/s1. The predicted molar refractivity (Wildman–Crippen MR) is 159 cm³/mol. The van der Waals surface area contributed by atoms with E-state index in [1.807, 2.05) is 60.7 Å². The van der Waals surface area contributed by atoms with E-state index in [0.29, 0.717) is 12.1 Å². The summed E-state index contributed by atoms with van der Waals surface area (Å²) in [6, 6.07) is 22.8. The van der Waals surface area contributed by atoms with Gasteiger partial charge in [-0.3, -0.25) is 24.0 Å². The topological polar surface area (TPSA) is 147 Å². The first-order valence-corrected chi connectivity index (χ1v) is 13.6. The van der Waals surface area contributed by atoms with Gasteiger partial charge in [0, 0.05) is 18.3 Å². The predicted octanol–water partition coefficient (Wildman–Crippen LogP) is 3.52. The highest BCUT2D eigenvalue weighted by molar-refractivity contribution is 6.06. The molecule has 0 spiro atoms. The van der Waals surface area contributed by atoms with E-state index in [9.17, 15) is 29.1 Å². The zero-order chi connectivity index (χ0) is 30.1. The Bertz CT molecular complexity index is 1650. The molecule has 0 fully saturated rings. The number of ketones is 1. The van der Waals surface area contributed by atoms with Crippen molar-refractivity contribution >= 4 is 40.0 Å². The fraction of sp³-hybridized carbons (Fsp3) is 0.219. The van der Waals surface area contributed by atoms with Crippen LogP contribution >= 0.6 is 0 Å². The maximum atomic E-state index is 13.3. The summed E-state index contributed by atoms with van der Waals surface area (Å²) >= 11 is 0. The number of rotatable bonds is 13. The number of amides is 2. The summed E-state index contributed by atoms with van der Waals surface area (Å²) in [5.74, 6) is -2.91. The van der Waals surface area contributed by atoms with E-state index in [4.69, 9.17) is 0 Å². The van der Waals surface area contributed by atoms with E-state index in [2.05, 4.69) is 16.0 Å². The molecule has 4 rings (SSSR count). The molecular weight excluding hydrogens is 536 g/mol. The third-order valence-electron chi connectivity index (χ3n) is 6.81.